The second kappa shape index (κ2) is 6.09. The minimum absolute atomic E-state index is 0.150. The molecule has 0 aromatic heterocycles. The molecule has 3 N–H and O–H groups in total. The van der Waals surface area contributed by atoms with Crippen LogP contribution in [0.5, 0.6) is 11.5 Å². The van der Waals surface area contributed by atoms with Crippen molar-refractivity contribution in [1.29, 1.82) is 0 Å². The lowest BCUT2D eigenvalue weighted by Gasteiger charge is -2.01. The van der Waals surface area contributed by atoms with E-state index in [2.05, 4.69) is 15.9 Å². The molecule has 0 aliphatic carbocycles. The van der Waals surface area contributed by atoms with Gasteiger partial charge in [-0.25, -0.2) is 4.79 Å². The molecule has 0 spiro atoms. The maximum absolute atomic E-state index is 9.14. The lowest BCUT2D eigenvalue weighted by molar-refractivity contribution is 0.137. The van der Waals surface area contributed by atoms with Gasteiger partial charge >= 0.3 is 6.16 Å². The molecule has 0 saturated carbocycles. The highest BCUT2D eigenvalue weighted by Gasteiger charge is 1.98. The third-order valence-electron chi connectivity index (χ3n) is 1.14. The van der Waals surface area contributed by atoms with Crippen molar-refractivity contribution in [2.45, 2.75) is 0 Å². The van der Waals surface area contributed by atoms with E-state index in [4.69, 9.17) is 24.9 Å². The fourth-order valence-electron chi connectivity index (χ4n) is 0.663. The molecule has 0 saturated heterocycles. The van der Waals surface area contributed by atoms with Gasteiger partial charge in [-0.1, -0.05) is 15.9 Å². The summed E-state index contributed by atoms with van der Waals surface area (Å²) < 4.78 is 5.67. The van der Waals surface area contributed by atoms with Crippen molar-refractivity contribution in [2.24, 2.45) is 0 Å². The van der Waals surface area contributed by atoms with Crippen LogP contribution < -0.4 is 4.74 Å². The predicted octanol–water partition coefficient (Wildman–Crippen LogP) is 2.39. The van der Waals surface area contributed by atoms with Crippen molar-refractivity contribution in [3.63, 3.8) is 0 Å². The van der Waals surface area contributed by atoms with E-state index in [9.17, 15) is 0 Å². The number of hydrogen-bond donors (Lipinski definition) is 3. The zero-order chi connectivity index (χ0) is 11.1. The average Bonchev–Trinajstić information content (AvgIpc) is 2.03. The van der Waals surface area contributed by atoms with E-state index in [1.54, 1.807) is 18.2 Å². The third kappa shape index (κ3) is 5.26. The first-order chi connectivity index (χ1) is 6.47. The number of benzene rings is 1. The van der Waals surface area contributed by atoms with Crippen LogP contribution in [0.25, 0.3) is 0 Å². The quantitative estimate of drug-likeness (QED) is 0.725. The van der Waals surface area contributed by atoms with Gasteiger partial charge in [-0.2, -0.15) is 0 Å². The van der Waals surface area contributed by atoms with Crippen LogP contribution in [0.2, 0.25) is 0 Å². The molecule has 1 rings (SSSR count). The Balaban J connectivity index is 0.000000364. The molecule has 0 aliphatic rings. The Morgan fingerprint density at radius 3 is 2.29 bits per heavy atom. The maximum atomic E-state index is 9.14. The second-order valence-corrected chi connectivity index (χ2v) is 3.01. The molecule has 1 aromatic carbocycles. The van der Waals surface area contributed by atoms with Crippen molar-refractivity contribution in [3.05, 3.63) is 22.7 Å². The minimum Gasteiger partial charge on any atom is -0.504 e. The summed E-state index contributed by atoms with van der Waals surface area (Å²) in [7, 11) is 1.52. The SMILES string of the molecule is COc1ccc(Br)cc1O.O=C(O)O. The number of hydrogen-bond acceptors (Lipinski definition) is 3. The zero-order valence-corrected chi connectivity index (χ0v) is 8.85. The highest BCUT2D eigenvalue weighted by atomic mass is 79.9. The topological polar surface area (TPSA) is 87.0 Å². The molecule has 0 atom stereocenters. The Hall–Kier alpha value is -1.43. The van der Waals surface area contributed by atoms with Crippen molar-refractivity contribution >= 4 is 22.1 Å². The summed E-state index contributed by atoms with van der Waals surface area (Å²) in [5.74, 6) is 0.639. The third-order valence-corrected chi connectivity index (χ3v) is 1.63. The van der Waals surface area contributed by atoms with Gasteiger partial charge in [0.25, 0.3) is 0 Å². The highest BCUT2D eigenvalue weighted by Crippen LogP contribution is 2.28. The standard InChI is InChI=1S/C7H7BrO2.CH2O3/c1-10-7-3-2-5(8)4-6(7)9;2-1(3)4/h2-4,9H,1H3;(H2,2,3,4). The number of aromatic hydroxyl groups is 1. The van der Waals surface area contributed by atoms with E-state index >= 15 is 0 Å². The first-order valence-corrected chi connectivity index (χ1v) is 4.21. The molecule has 0 fully saturated rings. The van der Waals surface area contributed by atoms with Gasteiger partial charge in [-0.15, -0.1) is 0 Å². The lowest BCUT2D eigenvalue weighted by Crippen LogP contribution is -1.81. The highest BCUT2D eigenvalue weighted by molar-refractivity contribution is 9.10. The van der Waals surface area contributed by atoms with E-state index < -0.39 is 6.16 Å². The van der Waals surface area contributed by atoms with Gasteiger partial charge in [0.1, 0.15) is 0 Å². The lowest BCUT2D eigenvalue weighted by atomic mass is 10.3. The van der Waals surface area contributed by atoms with Crippen LogP contribution in [0.3, 0.4) is 0 Å². The number of phenols is 1. The second-order valence-electron chi connectivity index (χ2n) is 2.10. The summed E-state index contributed by atoms with van der Waals surface area (Å²) in [5.41, 5.74) is 0. The van der Waals surface area contributed by atoms with E-state index in [1.807, 2.05) is 0 Å². The molecule has 14 heavy (non-hydrogen) atoms. The first-order valence-electron chi connectivity index (χ1n) is 3.41. The summed E-state index contributed by atoms with van der Waals surface area (Å²) in [6.45, 7) is 0. The fourth-order valence-corrected chi connectivity index (χ4v) is 1.01. The van der Waals surface area contributed by atoms with Gasteiger partial charge in [0.2, 0.25) is 0 Å². The number of methoxy groups -OCH3 is 1. The Bertz CT molecular complexity index is 309. The molecule has 5 nitrogen and oxygen atoms in total. The van der Waals surface area contributed by atoms with E-state index in [1.165, 1.54) is 7.11 Å². The average molecular weight is 265 g/mol. The first kappa shape index (κ1) is 12.6. The molecule has 0 heterocycles. The van der Waals surface area contributed by atoms with Crippen LogP contribution in [0.1, 0.15) is 0 Å². The minimum atomic E-state index is -1.83. The number of halogens is 1. The summed E-state index contributed by atoms with van der Waals surface area (Å²) in [6, 6.07) is 5.08. The number of phenolic OH excluding ortho intramolecular Hbond substituents is 1. The van der Waals surface area contributed by atoms with Gasteiger partial charge in [-0.05, 0) is 18.2 Å². The van der Waals surface area contributed by atoms with Crippen molar-refractivity contribution in [1.82, 2.24) is 0 Å². The van der Waals surface area contributed by atoms with Crippen LogP contribution >= 0.6 is 15.9 Å². The van der Waals surface area contributed by atoms with Crippen LogP contribution in [0.4, 0.5) is 4.79 Å². The van der Waals surface area contributed by atoms with Gasteiger partial charge in [-0.3, -0.25) is 0 Å². The fraction of sp³-hybridized carbons (Fsp3) is 0.125. The number of carbonyl (C=O) groups is 1. The zero-order valence-electron chi connectivity index (χ0n) is 7.27. The molecule has 0 unspecified atom stereocenters. The summed E-state index contributed by atoms with van der Waals surface area (Å²) >= 11 is 3.21. The van der Waals surface area contributed by atoms with E-state index in [0.717, 1.165) is 4.47 Å². The van der Waals surface area contributed by atoms with E-state index in [0.29, 0.717) is 5.75 Å². The van der Waals surface area contributed by atoms with Crippen molar-refractivity contribution in [3.8, 4) is 11.5 Å². The molecule has 0 bridgehead atoms. The molecule has 6 heteroatoms. The van der Waals surface area contributed by atoms with Gasteiger partial charge in [0, 0.05) is 4.47 Å². The van der Waals surface area contributed by atoms with Crippen LogP contribution in [0.15, 0.2) is 22.7 Å². The number of rotatable bonds is 1. The summed E-state index contributed by atoms with van der Waals surface area (Å²) in [5, 5.41) is 23.1. The maximum Gasteiger partial charge on any atom is 0.503 e. The number of ether oxygens (including phenoxy) is 1. The van der Waals surface area contributed by atoms with Crippen molar-refractivity contribution < 1.29 is 24.9 Å². The van der Waals surface area contributed by atoms with Crippen LogP contribution in [-0.4, -0.2) is 28.6 Å². The van der Waals surface area contributed by atoms with Crippen molar-refractivity contribution in [2.75, 3.05) is 7.11 Å². The molecule has 78 valence electrons. The smallest absolute Gasteiger partial charge is 0.503 e. The molecular weight excluding hydrogens is 256 g/mol. The molecule has 0 amide bonds. The molecular formula is C8H9BrO5. The van der Waals surface area contributed by atoms with E-state index in [-0.39, 0.29) is 5.75 Å². The summed E-state index contributed by atoms with van der Waals surface area (Å²) in [4.78, 5) is 8.56. The largest absolute Gasteiger partial charge is 0.504 e. The van der Waals surface area contributed by atoms with Gasteiger partial charge < -0.3 is 20.1 Å². The molecule has 0 aliphatic heterocycles. The van der Waals surface area contributed by atoms with Gasteiger partial charge in [0.05, 0.1) is 7.11 Å². The summed E-state index contributed by atoms with van der Waals surface area (Å²) in [6.07, 6.45) is -1.83. The Morgan fingerprint density at radius 1 is 1.43 bits per heavy atom. The normalized spacial score (nSPS) is 8.43. The molecule has 1 aromatic rings. The predicted molar refractivity (Wildman–Crippen MR) is 53.0 cm³/mol. The van der Waals surface area contributed by atoms with Crippen LogP contribution in [-0.2, 0) is 0 Å². The Morgan fingerprint density at radius 2 is 1.93 bits per heavy atom. The molecule has 0 radical (unpaired) electrons. The Labute approximate surface area is 88.7 Å². The monoisotopic (exact) mass is 264 g/mol. The van der Waals surface area contributed by atoms with Gasteiger partial charge in [0.15, 0.2) is 11.5 Å². The van der Waals surface area contributed by atoms with Crippen LogP contribution in [0, 0.1) is 0 Å². The Kier molecular flexibility index (Phi) is 5.47. The number of carboxylic acid groups (broad SMARTS) is 2.